The van der Waals surface area contributed by atoms with Crippen LogP contribution >= 0.6 is 0 Å². The molecule has 3 amide bonds. The number of methoxy groups -OCH3 is 1. The number of nitrogens with two attached hydrogens (primary N) is 1. The number of hydrogen-bond acceptors (Lipinski definition) is 9. The molecule has 2 aromatic heterocycles. The van der Waals surface area contributed by atoms with Crippen molar-refractivity contribution < 1.29 is 28.7 Å². The van der Waals surface area contributed by atoms with E-state index in [0.717, 1.165) is 52.9 Å². The summed E-state index contributed by atoms with van der Waals surface area (Å²) in [4.78, 5) is 72.7. The number of aromatic nitrogens is 4. The maximum atomic E-state index is 13.9. The van der Waals surface area contributed by atoms with Gasteiger partial charge in [0.2, 0.25) is 5.91 Å². The Kier molecular flexibility index (Phi) is 11.8. The third kappa shape index (κ3) is 8.27. The molecule has 14 heteroatoms. The molecule has 6 aromatic rings. The summed E-state index contributed by atoms with van der Waals surface area (Å²) in [7, 11) is 1.28. The van der Waals surface area contributed by atoms with E-state index in [1.807, 2.05) is 60.7 Å². The molecule has 0 bridgehead atoms. The molecule has 0 aliphatic carbocycles. The highest BCUT2D eigenvalue weighted by Crippen LogP contribution is 2.37. The van der Waals surface area contributed by atoms with Crippen LogP contribution in [-0.4, -0.2) is 80.5 Å². The summed E-state index contributed by atoms with van der Waals surface area (Å²) in [5.41, 5.74) is 12.4. The number of rotatable bonds is 12. The van der Waals surface area contributed by atoms with E-state index in [9.17, 15) is 19.2 Å². The lowest BCUT2D eigenvalue weighted by Gasteiger charge is -2.28. The molecule has 0 radical (unpaired) electrons. The highest BCUT2D eigenvalue weighted by molar-refractivity contribution is 6.03. The molecule has 4 atom stereocenters. The molecule has 5 N–H and O–H groups in total. The van der Waals surface area contributed by atoms with Crippen LogP contribution < -0.4 is 11.1 Å². The predicted molar refractivity (Wildman–Crippen MR) is 223 cm³/mol. The summed E-state index contributed by atoms with van der Waals surface area (Å²) in [6, 6.07) is 33.0. The van der Waals surface area contributed by atoms with Gasteiger partial charge in [0.15, 0.2) is 5.92 Å². The van der Waals surface area contributed by atoms with Crippen molar-refractivity contribution in [1.82, 2.24) is 35.1 Å². The molecule has 14 nitrogen and oxygen atoms in total. The number of H-pyrrole nitrogens is 2. The van der Waals surface area contributed by atoms with Gasteiger partial charge in [-0.25, -0.2) is 14.8 Å². The summed E-state index contributed by atoms with van der Waals surface area (Å²) in [5, 5.41) is 2.71. The highest BCUT2D eigenvalue weighted by atomic mass is 16.5. The van der Waals surface area contributed by atoms with Gasteiger partial charge < -0.3 is 34.6 Å². The monoisotopic (exact) mass is 806 g/mol. The Morgan fingerprint density at radius 1 is 0.683 bits per heavy atom. The Morgan fingerprint density at radius 2 is 1.15 bits per heavy atom. The number of likely N-dealkylation sites (tertiary alicyclic amines) is 2. The number of hydrogen-bond donors (Lipinski definition) is 4. The maximum Gasteiger partial charge on any atom is 0.407 e. The number of alkyl carbamates (subject to hydrolysis) is 1. The molecule has 4 heterocycles. The van der Waals surface area contributed by atoms with E-state index in [2.05, 4.69) is 44.5 Å². The van der Waals surface area contributed by atoms with Gasteiger partial charge in [-0.3, -0.25) is 20.1 Å². The van der Waals surface area contributed by atoms with Crippen LogP contribution in [0.4, 0.5) is 4.79 Å². The fourth-order valence-electron chi connectivity index (χ4n) is 8.25. The zero-order chi connectivity index (χ0) is 41.6. The second-order valence-corrected chi connectivity index (χ2v) is 14.9. The Hall–Kier alpha value is -7.06. The molecule has 2 aliphatic heterocycles. The van der Waals surface area contributed by atoms with E-state index in [4.69, 9.17) is 20.2 Å². The molecule has 306 valence electrons. The lowest BCUT2D eigenvalue weighted by atomic mass is 9.97. The SMILES string of the molecule is COC(=O)N[C@H](C(=O)N1CCC[C@H]1c1ncc(-c2ccc(-c3ccc(-c4cnc([C@@H]5CCCN5C(=O)[C@@H](C(=O)OCN)c5ccccc5)[nH]4)cc3)cc2)[nH]1)c1ccccc1. The number of carbonyl (C=O) groups is 4. The van der Waals surface area contributed by atoms with Crippen molar-refractivity contribution in [2.45, 2.75) is 49.7 Å². The average Bonchev–Trinajstić information content (AvgIpc) is 4.14. The zero-order valence-corrected chi connectivity index (χ0v) is 33.1. The van der Waals surface area contributed by atoms with Gasteiger partial charge in [0.05, 0.1) is 43.0 Å². The number of imidazole rings is 2. The maximum absolute atomic E-state index is 13.9. The molecule has 0 unspecified atom stereocenters. The second-order valence-electron chi connectivity index (χ2n) is 14.9. The number of benzene rings is 4. The minimum absolute atomic E-state index is 0.219. The molecule has 4 aromatic carbocycles. The normalized spacial score (nSPS) is 17.2. The van der Waals surface area contributed by atoms with E-state index in [1.54, 1.807) is 46.5 Å². The van der Waals surface area contributed by atoms with Crippen LogP contribution in [0.2, 0.25) is 0 Å². The third-order valence-corrected chi connectivity index (χ3v) is 11.3. The summed E-state index contributed by atoms with van der Waals surface area (Å²) in [6.07, 6.45) is 5.94. The van der Waals surface area contributed by atoms with E-state index < -0.39 is 24.0 Å². The van der Waals surface area contributed by atoms with Crippen LogP contribution in [-0.2, 0) is 23.9 Å². The number of nitrogens with zero attached hydrogens (tertiary/aromatic N) is 4. The Morgan fingerprint density at radius 3 is 1.63 bits per heavy atom. The van der Waals surface area contributed by atoms with Crippen molar-refractivity contribution in [3.8, 4) is 33.6 Å². The largest absolute Gasteiger partial charge is 0.453 e. The Balaban J connectivity index is 0.930. The van der Waals surface area contributed by atoms with Crippen LogP contribution in [0.1, 0.15) is 72.5 Å². The molecule has 0 saturated carbocycles. The fraction of sp³-hybridized carbons (Fsp3) is 0.261. The minimum atomic E-state index is -1.11. The van der Waals surface area contributed by atoms with Gasteiger partial charge in [0.1, 0.15) is 24.4 Å². The lowest BCUT2D eigenvalue weighted by Crippen LogP contribution is -2.42. The van der Waals surface area contributed by atoms with E-state index in [-0.39, 0.29) is 30.6 Å². The Labute approximate surface area is 347 Å². The zero-order valence-electron chi connectivity index (χ0n) is 33.1. The van der Waals surface area contributed by atoms with Gasteiger partial charge in [0.25, 0.3) is 5.91 Å². The van der Waals surface area contributed by atoms with Gasteiger partial charge >= 0.3 is 12.1 Å². The second kappa shape index (κ2) is 17.8. The van der Waals surface area contributed by atoms with Gasteiger partial charge in [-0.2, -0.15) is 0 Å². The van der Waals surface area contributed by atoms with E-state index >= 15 is 0 Å². The van der Waals surface area contributed by atoms with Gasteiger partial charge in [-0.15, -0.1) is 0 Å². The summed E-state index contributed by atoms with van der Waals surface area (Å²) in [6.45, 7) is 0.742. The molecule has 0 spiro atoms. The van der Waals surface area contributed by atoms with Crippen LogP contribution in [0.15, 0.2) is 122 Å². The molecule has 60 heavy (non-hydrogen) atoms. The highest BCUT2D eigenvalue weighted by Gasteiger charge is 2.40. The predicted octanol–water partition coefficient (Wildman–Crippen LogP) is 6.80. The van der Waals surface area contributed by atoms with Gasteiger partial charge in [0, 0.05) is 13.1 Å². The number of esters is 1. The molecular weight excluding hydrogens is 761 g/mol. The smallest absolute Gasteiger partial charge is 0.407 e. The van der Waals surface area contributed by atoms with Gasteiger partial charge in [-0.05, 0) is 59.1 Å². The van der Waals surface area contributed by atoms with Crippen molar-refractivity contribution in [2.24, 2.45) is 5.73 Å². The van der Waals surface area contributed by atoms with Crippen LogP contribution in [0.25, 0.3) is 33.6 Å². The number of nitrogens with one attached hydrogen (secondary N) is 3. The quantitative estimate of drug-likeness (QED) is 0.0586. The van der Waals surface area contributed by atoms with Crippen molar-refractivity contribution >= 4 is 23.9 Å². The van der Waals surface area contributed by atoms with Crippen LogP contribution in [0.5, 0.6) is 0 Å². The molecular formula is C46H46N8O6. The lowest BCUT2D eigenvalue weighted by molar-refractivity contribution is -0.152. The summed E-state index contributed by atoms with van der Waals surface area (Å²) >= 11 is 0. The fourth-order valence-corrected chi connectivity index (χ4v) is 8.25. The molecule has 8 rings (SSSR count). The first-order valence-corrected chi connectivity index (χ1v) is 20.1. The topological polar surface area (TPSA) is 189 Å². The minimum Gasteiger partial charge on any atom is -0.453 e. The first kappa shape index (κ1) is 39.8. The van der Waals surface area contributed by atoms with Crippen molar-refractivity contribution in [2.75, 3.05) is 26.9 Å². The first-order valence-electron chi connectivity index (χ1n) is 20.1. The Bertz CT molecular complexity index is 2430. The average molecular weight is 807 g/mol. The van der Waals surface area contributed by atoms with Crippen molar-refractivity contribution in [1.29, 1.82) is 0 Å². The van der Waals surface area contributed by atoms with Crippen molar-refractivity contribution in [3.63, 3.8) is 0 Å². The number of amides is 3. The summed E-state index contributed by atoms with van der Waals surface area (Å²) in [5.74, 6) is -0.977. The third-order valence-electron chi connectivity index (χ3n) is 11.3. The number of aromatic amines is 2. The number of ether oxygens (including phenoxy) is 2. The van der Waals surface area contributed by atoms with Gasteiger partial charge in [-0.1, -0.05) is 109 Å². The molecule has 2 saturated heterocycles. The van der Waals surface area contributed by atoms with E-state index in [0.29, 0.717) is 42.3 Å². The number of carbonyl (C=O) groups excluding carboxylic acids is 4. The molecule has 2 fully saturated rings. The van der Waals surface area contributed by atoms with E-state index in [1.165, 1.54) is 7.11 Å². The summed E-state index contributed by atoms with van der Waals surface area (Å²) < 4.78 is 9.93. The van der Waals surface area contributed by atoms with Crippen LogP contribution in [0, 0.1) is 0 Å². The van der Waals surface area contributed by atoms with Crippen LogP contribution in [0.3, 0.4) is 0 Å². The molecule has 2 aliphatic rings. The standard InChI is InChI=1S/C46H46N8O6/c1-59-46(58)52-40(34-12-6-3-7-13-34)44(56)54-25-9-15-38(54)42-49-27-36(51-42)32-22-18-30(19-23-32)29-16-20-31(21-17-29)35-26-48-41(50-35)37-14-8-24-53(37)43(55)39(45(57)60-28-47)33-10-4-2-5-11-33/h2-7,10-13,16-23,26-27,37-40H,8-9,14-15,24-25,28,47H2,1H3,(H,48,50)(H,49,51)(H,52,58)/t37-,38-,39-,40-/m0/s1. The van der Waals surface area contributed by atoms with Crippen molar-refractivity contribution in [3.05, 3.63) is 144 Å². The first-order chi connectivity index (χ1) is 29.3.